The molecule has 0 heterocycles. The number of ether oxygens (including phenoxy) is 1. The van der Waals surface area contributed by atoms with Gasteiger partial charge in [-0.15, -0.1) is 0 Å². The Morgan fingerprint density at radius 1 is 1.19 bits per heavy atom. The summed E-state index contributed by atoms with van der Waals surface area (Å²) in [6, 6.07) is 11.6. The van der Waals surface area contributed by atoms with Gasteiger partial charge in [0.2, 0.25) is 15.9 Å². The molecular weight excluding hydrogens is 371 g/mol. The van der Waals surface area contributed by atoms with Gasteiger partial charge in [0, 0.05) is 12.1 Å². The highest BCUT2D eigenvalue weighted by molar-refractivity contribution is 7.92. The van der Waals surface area contributed by atoms with Crippen LogP contribution in [-0.4, -0.2) is 33.7 Å². The standard InChI is InChI=1S/C19H23FN2O4S/c1-4-16(19(23)21-13-14-9-5-8-12-18(14)26-2)22(27(3,24)25)17-11-7-6-10-15(17)20/h5-12,16H,4,13H2,1-3H3,(H,21,23). The lowest BCUT2D eigenvalue weighted by molar-refractivity contribution is -0.122. The number of amides is 1. The van der Waals surface area contributed by atoms with Crippen LogP contribution in [0, 0.1) is 5.82 Å². The smallest absolute Gasteiger partial charge is 0.244 e. The Morgan fingerprint density at radius 3 is 2.41 bits per heavy atom. The summed E-state index contributed by atoms with van der Waals surface area (Å²) in [6.07, 6.45) is 1.13. The maximum Gasteiger partial charge on any atom is 0.244 e. The highest BCUT2D eigenvalue weighted by Crippen LogP contribution is 2.25. The van der Waals surface area contributed by atoms with Crippen LogP contribution in [0.3, 0.4) is 0 Å². The van der Waals surface area contributed by atoms with Crippen LogP contribution in [0.2, 0.25) is 0 Å². The third kappa shape index (κ3) is 4.97. The molecule has 0 aliphatic carbocycles. The molecule has 1 N–H and O–H groups in total. The molecule has 1 unspecified atom stereocenters. The van der Waals surface area contributed by atoms with E-state index in [-0.39, 0.29) is 18.7 Å². The molecular formula is C19H23FN2O4S. The lowest BCUT2D eigenvalue weighted by atomic mass is 10.1. The third-order valence-electron chi connectivity index (χ3n) is 4.07. The molecule has 1 atom stereocenters. The second-order valence-corrected chi connectivity index (χ2v) is 7.82. The van der Waals surface area contributed by atoms with Gasteiger partial charge in [-0.3, -0.25) is 9.10 Å². The maximum absolute atomic E-state index is 14.2. The molecule has 0 saturated carbocycles. The molecule has 6 nitrogen and oxygen atoms in total. The first-order chi connectivity index (χ1) is 12.8. The van der Waals surface area contributed by atoms with Gasteiger partial charge in [0.05, 0.1) is 19.1 Å². The van der Waals surface area contributed by atoms with Crippen LogP contribution in [0.5, 0.6) is 5.75 Å². The average molecular weight is 394 g/mol. The molecule has 0 radical (unpaired) electrons. The number of carbonyl (C=O) groups is 1. The van der Waals surface area contributed by atoms with Crippen molar-refractivity contribution in [3.8, 4) is 5.75 Å². The van der Waals surface area contributed by atoms with E-state index in [0.717, 1.165) is 22.2 Å². The van der Waals surface area contributed by atoms with Crippen molar-refractivity contribution in [1.29, 1.82) is 0 Å². The largest absolute Gasteiger partial charge is 0.496 e. The van der Waals surface area contributed by atoms with Crippen molar-refractivity contribution in [2.45, 2.75) is 25.9 Å². The van der Waals surface area contributed by atoms with Gasteiger partial charge < -0.3 is 10.1 Å². The second-order valence-electron chi connectivity index (χ2n) is 5.96. The molecule has 0 aliphatic rings. The van der Waals surface area contributed by atoms with E-state index in [9.17, 15) is 17.6 Å². The van der Waals surface area contributed by atoms with Crippen molar-refractivity contribution in [1.82, 2.24) is 5.32 Å². The van der Waals surface area contributed by atoms with Gasteiger partial charge in [-0.25, -0.2) is 12.8 Å². The van der Waals surface area contributed by atoms with Crippen LogP contribution in [0.25, 0.3) is 0 Å². The summed E-state index contributed by atoms with van der Waals surface area (Å²) in [5.74, 6) is -0.615. The lowest BCUT2D eigenvalue weighted by Crippen LogP contribution is -2.49. The van der Waals surface area contributed by atoms with Crippen molar-refractivity contribution in [3.63, 3.8) is 0 Å². The third-order valence-corrected chi connectivity index (χ3v) is 5.23. The quantitative estimate of drug-likeness (QED) is 0.747. The first kappa shape index (κ1) is 20.7. The minimum atomic E-state index is -3.88. The maximum atomic E-state index is 14.2. The fourth-order valence-corrected chi connectivity index (χ4v) is 4.03. The van der Waals surface area contributed by atoms with Crippen LogP contribution < -0.4 is 14.4 Å². The van der Waals surface area contributed by atoms with E-state index in [1.807, 2.05) is 12.1 Å². The van der Waals surface area contributed by atoms with E-state index in [1.54, 1.807) is 19.1 Å². The first-order valence-corrected chi connectivity index (χ1v) is 10.3. The molecule has 0 aliphatic heterocycles. The SMILES string of the molecule is CCC(C(=O)NCc1ccccc1OC)N(c1ccccc1F)S(C)(=O)=O. The first-order valence-electron chi connectivity index (χ1n) is 8.43. The molecule has 27 heavy (non-hydrogen) atoms. The number of benzene rings is 2. The van der Waals surface area contributed by atoms with Crippen molar-refractivity contribution in [3.05, 3.63) is 59.9 Å². The van der Waals surface area contributed by atoms with Crippen LogP contribution in [0.15, 0.2) is 48.5 Å². The summed E-state index contributed by atoms with van der Waals surface area (Å²) in [5.41, 5.74) is 0.597. The van der Waals surface area contributed by atoms with Gasteiger partial charge in [-0.2, -0.15) is 0 Å². The topological polar surface area (TPSA) is 75.7 Å². The van der Waals surface area contributed by atoms with Crippen molar-refractivity contribution in [2.75, 3.05) is 17.7 Å². The fourth-order valence-electron chi connectivity index (χ4n) is 2.82. The molecule has 0 bridgehead atoms. The number of carbonyl (C=O) groups excluding carboxylic acids is 1. The Balaban J connectivity index is 2.29. The number of anilines is 1. The number of hydrogen-bond donors (Lipinski definition) is 1. The average Bonchev–Trinajstić information content (AvgIpc) is 2.64. The summed E-state index contributed by atoms with van der Waals surface area (Å²) in [4.78, 5) is 12.7. The molecule has 146 valence electrons. The minimum Gasteiger partial charge on any atom is -0.496 e. The number of para-hydroxylation sites is 2. The highest BCUT2D eigenvalue weighted by Gasteiger charge is 2.33. The van der Waals surface area contributed by atoms with Crippen molar-refractivity contribution in [2.24, 2.45) is 0 Å². The van der Waals surface area contributed by atoms with Crippen LogP contribution in [-0.2, 0) is 21.4 Å². The highest BCUT2D eigenvalue weighted by atomic mass is 32.2. The predicted molar refractivity (Wildman–Crippen MR) is 103 cm³/mol. The van der Waals surface area contributed by atoms with Crippen molar-refractivity contribution >= 4 is 21.6 Å². The normalized spacial score (nSPS) is 12.3. The Kier molecular flexibility index (Phi) is 6.79. The summed E-state index contributed by atoms with van der Waals surface area (Å²) < 4.78 is 44.9. The number of sulfonamides is 1. The molecule has 8 heteroatoms. The van der Waals surface area contributed by atoms with Crippen LogP contribution in [0.1, 0.15) is 18.9 Å². The summed E-state index contributed by atoms with van der Waals surface area (Å²) in [6.45, 7) is 1.83. The van der Waals surface area contributed by atoms with E-state index in [1.165, 1.54) is 25.3 Å². The number of methoxy groups -OCH3 is 1. The Morgan fingerprint density at radius 2 is 1.81 bits per heavy atom. The fraction of sp³-hybridized carbons (Fsp3) is 0.316. The van der Waals surface area contributed by atoms with E-state index in [0.29, 0.717) is 5.75 Å². The van der Waals surface area contributed by atoms with Gasteiger partial charge in [0.1, 0.15) is 17.6 Å². The number of halogens is 1. The zero-order valence-electron chi connectivity index (χ0n) is 15.5. The Hall–Kier alpha value is -2.61. The van der Waals surface area contributed by atoms with Crippen molar-refractivity contribution < 1.29 is 22.3 Å². The molecule has 2 aromatic carbocycles. The summed E-state index contributed by atoms with van der Waals surface area (Å²) >= 11 is 0. The number of hydrogen-bond acceptors (Lipinski definition) is 4. The van der Waals surface area contributed by atoms with E-state index < -0.39 is 27.8 Å². The van der Waals surface area contributed by atoms with E-state index in [4.69, 9.17) is 4.74 Å². The number of nitrogens with zero attached hydrogens (tertiary/aromatic N) is 1. The molecule has 0 spiro atoms. The minimum absolute atomic E-state index is 0.153. The monoisotopic (exact) mass is 394 g/mol. The molecule has 0 saturated heterocycles. The van der Waals surface area contributed by atoms with E-state index >= 15 is 0 Å². The summed E-state index contributed by atoms with van der Waals surface area (Å²) in [7, 11) is -2.36. The number of nitrogens with one attached hydrogen (secondary N) is 1. The Bertz CT molecular complexity index is 902. The van der Waals surface area contributed by atoms with Gasteiger partial charge in [-0.1, -0.05) is 37.3 Å². The van der Waals surface area contributed by atoms with E-state index in [2.05, 4.69) is 5.32 Å². The zero-order valence-corrected chi connectivity index (χ0v) is 16.3. The molecule has 2 aromatic rings. The van der Waals surface area contributed by atoms with Crippen LogP contribution in [0.4, 0.5) is 10.1 Å². The molecule has 2 rings (SSSR count). The predicted octanol–water partition coefficient (Wildman–Crippen LogP) is 2.70. The van der Waals surface area contributed by atoms with Crippen LogP contribution >= 0.6 is 0 Å². The summed E-state index contributed by atoms with van der Waals surface area (Å²) in [5, 5.41) is 2.72. The lowest BCUT2D eigenvalue weighted by Gasteiger charge is -2.30. The molecule has 1 amide bonds. The Labute approximate surface area is 159 Å². The number of rotatable bonds is 8. The van der Waals surface area contributed by atoms with Gasteiger partial charge in [-0.05, 0) is 24.6 Å². The van der Waals surface area contributed by atoms with Gasteiger partial charge >= 0.3 is 0 Å². The second kappa shape index (κ2) is 8.85. The van der Waals surface area contributed by atoms with Gasteiger partial charge in [0.15, 0.2) is 0 Å². The van der Waals surface area contributed by atoms with Gasteiger partial charge in [0.25, 0.3) is 0 Å². The molecule has 0 fully saturated rings. The zero-order chi connectivity index (χ0) is 20.0. The molecule has 0 aromatic heterocycles.